The van der Waals surface area contributed by atoms with E-state index in [0.29, 0.717) is 16.5 Å². The molecule has 1 heterocycles. The maximum Gasteiger partial charge on any atom is 0.337 e. The molecule has 0 saturated carbocycles. The number of nitrogen functional groups attached to an aromatic ring is 1. The standard InChI is InChI=1S/C10H9N3O3/c1-16-9(15)5-2-3-6-7(4-5)12-10(11)13-8(6)14/h2-4H,1H3,(H3,11,12,13,14). The Hall–Kier alpha value is -2.37. The highest BCUT2D eigenvalue weighted by molar-refractivity contribution is 5.94. The van der Waals surface area contributed by atoms with Crippen molar-refractivity contribution in [1.82, 2.24) is 9.97 Å². The van der Waals surface area contributed by atoms with Crippen LogP contribution < -0.4 is 11.3 Å². The summed E-state index contributed by atoms with van der Waals surface area (Å²) in [5.74, 6) is -0.470. The molecule has 6 nitrogen and oxygen atoms in total. The van der Waals surface area contributed by atoms with Gasteiger partial charge in [-0.3, -0.25) is 9.78 Å². The molecule has 1 aromatic carbocycles. The van der Waals surface area contributed by atoms with Crippen LogP contribution in [0.1, 0.15) is 10.4 Å². The number of anilines is 1. The summed E-state index contributed by atoms with van der Waals surface area (Å²) >= 11 is 0. The van der Waals surface area contributed by atoms with Crippen LogP contribution in [0, 0.1) is 0 Å². The Morgan fingerprint density at radius 3 is 2.94 bits per heavy atom. The molecule has 0 bridgehead atoms. The molecule has 0 aliphatic carbocycles. The van der Waals surface area contributed by atoms with E-state index in [1.54, 1.807) is 0 Å². The number of carbonyl (C=O) groups is 1. The molecule has 0 fully saturated rings. The zero-order valence-electron chi connectivity index (χ0n) is 8.48. The number of fused-ring (bicyclic) bond motifs is 1. The molecule has 0 atom stereocenters. The summed E-state index contributed by atoms with van der Waals surface area (Å²) in [5, 5.41) is 0.377. The van der Waals surface area contributed by atoms with Crippen molar-refractivity contribution in [1.29, 1.82) is 0 Å². The lowest BCUT2D eigenvalue weighted by atomic mass is 10.1. The number of ether oxygens (including phenoxy) is 1. The molecule has 82 valence electrons. The van der Waals surface area contributed by atoms with E-state index in [1.807, 2.05) is 0 Å². The molecule has 3 N–H and O–H groups in total. The van der Waals surface area contributed by atoms with E-state index in [9.17, 15) is 9.59 Å². The van der Waals surface area contributed by atoms with Crippen LogP contribution in [-0.2, 0) is 4.74 Å². The molecular formula is C10H9N3O3. The van der Waals surface area contributed by atoms with E-state index < -0.39 is 5.97 Å². The number of hydrogen-bond donors (Lipinski definition) is 2. The highest BCUT2D eigenvalue weighted by Gasteiger charge is 2.08. The summed E-state index contributed by atoms with van der Waals surface area (Å²) in [5.41, 5.74) is 5.76. The number of aromatic amines is 1. The Morgan fingerprint density at radius 2 is 2.25 bits per heavy atom. The first-order chi connectivity index (χ1) is 7.61. The zero-order chi connectivity index (χ0) is 11.7. The second-order valence-corrected chi connectivity index (χ2v) is 3.17. The van der Waals surface area contributed by atoms with Crippen LogP contribution in [0.2, 0.25) is 0 Å². The lowest BCUT2D eigenvalue weighted by Gasteiger charge is -2.01. The average molecular weight is 219 g/mol. The third-order valence-corrected chi connectivity index (χ3v) is 2.15. The lowest BCUT2D eigenvalue weighted by Crippen LogP contribution is -2.12. The van der Waals surface area contributed by atoms with Crippen LogP contribution in [0.5, 0.6) is 0 Å². The summed E-state index contributed by atoms with van der Waals surface area (Å²) in [6.07, 6.45) is 0. The predicted octanol–water partition coefficient (Wildman–Crippen LogP) is 0.292. The largest absolute Gasteiger partial charge is 0.465 e. The van der Waals surface area contributed by atoms with E-state index in [-0.39, 0.29) is 11.5 Å². The van der Waals surface area contributed by atoms with Crippen molar-refractivity contribution in [2.75, 3.05) is 12.8 Å². The van der Waals surface area contributed by atoms with Gasteiger partial charge in [-0.15, -0.1) is 0 Å². The predicted molar refractivity (Wildman–Crippen MR) is 58.1 cm³/mol. The second kappa shape index (κ2) is 3.65. The molecule has 0 spiro atoms. The molecule has 0 radical (unpaired) electrons. The Bertz CT molecular complexity index is 618. The molecule has 2 rings (SSSR count). The summed E-state index contributed by atoms with van der Waals surface area (Å²) in [6, 6.07) is 4.47. The first kappa shape index (κ1) is 10.2. The molecule has 0 saturated heterocycles. The minimum absolute atomic E-state index is 0.0134. The summed E-state index contributed by atoms with van der Waals surface area (Å²) in [4.78, 5) is 29.0. The molecule has 2 aromatic rings. The van der Waals surface area contributed by atoms with E-state index >= 15 is 0 Å². The Balaban J connectivity index is 2.71. The molecular weight excluding hydrogens is 210 g/mol. The molecule has 0 aliphatic rings. The maximum absolute atomic E-state index is 11.5. The third-order valence-electron chi connectivity index (χ3n) is 2.15. The highest BCUT2D eigenvalue weighted by Crippen LogP contribution is 2.11. The van der Waals surface area contributed by atoms with Gasteiger partial charge in [-0.25, -0.2) is 9.78 Å². The molecule has 0 unspecified atom stereocenters. The van der Waals surface area contributed by atoms with Gasteiger partial charge in [0.15, 0.2) is 0 Å². The monoisotopic (exact) mass is 219 g/mol. The van der Waals surface area contributed by atoms with Crippen molar-refractivity contribution in [2.24, 2.45) is 0 Å². The fraction of sp³-hybridized carbons (Fsp3) is 0.100. The van der Waals surface area contributed by atoms with Gasteiger partial charge in [0.1, 0.15) is 0 Å². The molecule has 16 heavy (non-hydrogen) atoms. The minimum atomic E-state index is -0.484. The van der Waals surface area contributed by atoms with Crippen molar-refractivity contribution in [2.45, 2.75) is 0 Å². The van der Waals surface area contributed by atoms with Gasteiger partial charge in [0.05, 0.1) is 23.6 Å². The van der Waals surface area contributed by atoms with Crippen LogP contribution in [-0.4, -0.2) is 23.0 Å². The van der Waals surface area contributed by atoms with Crippen molar-refractivity contribution >= 4 is 22.8 Å². The highest BCUT2D eigenvalue weighted by atomic mass is 16.5. The first-order valence-electron chi connectivity index (χ1n) is 4.49. The number of nitrogens with zero attached hydrogens (tertiary/aromatic N) is 1. The molecule has 0 aliphatic heterocycles. The fourth-order valence-electron chi connectivity index (χ4n) is 1.40. The zero-order valence-corrected chi connectivity index (χ0v) is 8.48. The van der Waals surface area contributed by atoms with Crippen molar-refractivity contribution in [3.8, 4) is 0 Å². The SMILES string of the molecule is COC(=O)c1ccc2c(=O)[nH]c(N)nc2c1. The third kappa shape index (κ3) is 1.60. The Kier molecular flexibility index (Phi) is 2.32. The topological polar surface area (TPSA) is 98.1 Å². The number of hydrogen-bond acceptors (Lipinski definition) is 5. The smallest absolute Gasteiger partial charge is 0.337 e. The van der Waals surface area contributed by atoms with Crippen LogP contribution >= 0.6 is 0 Å². The number of rotatable bonds is 1. The number of benzene rings is 1. The second-order valence-electron chi connectivity index (χ2n) is 3.17. The number of carbonyl (C=O) groups excluding carboxylic acids is 1. The fourth-order valence-corrected chi connectivity index (χ4v) is 1.40. The minimum Gasteiger partial charge on any atom is -0.465 e. The quantitative estimate of drug-likeness (QED) is 0.672. The summed E-state index contributed by atoms with van der Waals surface area (Å²) in [7, 11) is 1.28. The average Bonchev–Trinajstić information content (AvgIpc) is 2.27. The van der Waals surface area contributed by atoms with Crippen LogP contribution in [0.15, 0.2) is 23.0 Å². The van der Waals surface area contributed by atoms with E-state index in [1.165, 1.54) is 25.3 Å². The van der Waals surface area contributed by atoms with Crippen LogP contribution in [0.3, 0.4) is 0 Å². The summed E-state index contributed by atoms with van der Waals surface area (Å²) in [6.45, 7) is 0. The van der Waals surface area contributed by atoms with E-state index in [4.69, 9.17) is 5.73 Å². The number of nitrogens with one attached hydrogen (secondary N) is 1. The van der Waals surface area contributed by atoms with Crippen molar-refractivity contribution in [3.63, 3.8) is 0 Å². The van der Waals surface area contributed by atoms with E-state index in [0.717, 1.165) is 0 Å². The van der Waals surface area contributed by atoms with Gasteiger partial charge >= 0.3 is 5.97 Å². The number of H-pyrrole nitrogens is 1. The Morgan fingerprint density at radius 1 is 1.50 bits per heavy atom. The summed E-state index contributed by atoms with van der Waals surface area (Å²) < 4.78 is 4.56. The van der Waals surface area contributed by atoms with Crippen LogP contribution in [0.4, 0.5) is 5.95 Å². The van der Waals surface area contributed by atoms with Gasteiger partial charge in [-0.1, -0.05) is 0 Å². The number of methoxy groups -OCH3 is 1. The van der Waals surface area contributed by atoms with Gasteiger partial charge in [0.2, 0.25) is 5.95 Å². The Labute approximate surface area is 90.1 Å². The lowest BCUT2D eigenvalue weighted by molar-refractivity contribution is 0.0601. The number of aromatic nitrogens is 2. The van der Waals surface area contributed by atoms with Gasteiger partial charge < -0.3 is 10.5 Å². The molecule has 6 heteroatoms. The van der Waals surface area contributed by atoms with Gasteiger partial charge in [0, 0.05) is 0 Å². The van der Waals surface area contributed by atoms with Crippen molar-refractivity contribution < 1.29 is 9.53 Å². The van der Waals surface area contributed by atoms with Gasteiger partial charge in [-0.05, 0) is 18.2 Å². The van der Waals surface area contributed by atoms with Crippen LogP contribution in [0.25, 0.3) is 10.9 Å². The number of esters is 1. The van der Waals surface area contributed by atoms with Crippen molar-refractivity contribution in [3.05, 3.63) is 34.1 Å². The molecule has 1 aromatic heterocycles. The van der Waals surface area contributed by atoms with Gasteiger partial charge in [0.25, 0.3) is 5.56 Å². The first-order valence-corrected chi connectivity index (χ1v) is 4.49. The maximum atomic E-state index is 11.5. The number of nitrogens with two attached hydrogens (primary N) is 1. The normalized spacial score (nSPS) is 10.3. The molecule has 0 amide bonds. The van der Waals surface area contributed by atoms with Gasteiger partial charge in [-0.2, -0.15) is 0 Å². The van der Waals surface area contributed by atoms with E-state index in [2.05, 4.69) is 14.7 Å².